The van der Waals surface area contributed by atoms with Crippen LogP contribution in [0.2, 0.25) is 5.02 Å². The van der Waals surface area contributed by atoms with Crippen molar-refractivity contribution >= 4 is 45.7 Å². The standard InChI is InChI=1S/C23H26ClN5O4S/c1-5-13(2)19(26-22(31)25-16-10-17(32-3)12-18(11-16)33-4)20(30)27-23-29-28-21(34-23)14-6-8-15(24)9-7-14/h6-13,19H,5H2,1-4H3,(H2,25,26,31)(H,27,29,30)/t13-,19-/m0/s1. The monoisotopic (exact) mass is 503 g/mol. The van der Waals surface area contributed by atoms with E-state index in [4.69, 9.17) is 21.1 Å². The highest BCUT2D eigenvalue weighted by atomic mass is 35.5. The summed E-state index contributed by atoms with van der Waals surface area (Å²) >= 11 is 7.17. The summed E-state index contributed by atoms with van der Waals surface area (Å²) < 4.78 is 10.5. The van der Waals surface area contributed by atoms with Gasteiger partial charge < -0.3 is 20.1 Å². The fraction of sp³-hybridized carbons (Fsp3) is 0.304. The van der Waals surface area contributed by atoms with Crippen molar-refractivity contribution in [2.75, 3.05) is 24.9 Å². The molecule has 34 heavy (non-hydrogen) atoms. The number of benzene rings is 2. The first kappa shape index (κ1) is 25.3. The Morgan fingerprint density at radius 2 is 1.68 bits per heavy atom. The average Bonchev–Trinajstić information content (AvgIpc) is 3.30. The third-order valence-electron chi connectivity index (χ3n) is 5.14. The van der Waals surface area contributed by atoms with Gasteiger partial charge in [0.1, 0.15) is 22.5 Å². The van der Waals surface area contributed by atoms with E-state index in [2.05, 4.69) is 26.1 Å². The van der Waals surface area contributed by atoms with Gasteiger partial charge in [-0.25, -0.2) is 4.79 Å². The third-order valence-corrected chi connectivity index (χ3v) is 6.28. The number of urea groups is 1. The minimum Gasteiger partial charge on any atom is -0.497 e. The van der Waals surface area contributed by atoms with E-state index < -0.39 is 12.1 Å². The third kappa shape index (κ3) is 6.58. The zero-order valence-corrected chi connectivity index (χ0v) is 20.8. The van der Waals surface area contributed by atoms with E-state index >= 15 is 0 Å². The molecule has 9 nitrogen and oxygen atoms in total. The summed E-state index contributed by atoms with van der Waals surface area (Å²) in [5.74, 6) is 0.540. The molecule has 0 fully saturated rings. The molecule has 0 aliphatic rings. The lowest BCUT2D eigenvalue weighted by molar-refractivity contribution is -0.119. The number of carbonyl (C=O) groups excluding carboxylic acids is 2. The Hall–Kier alpha value is -3.37. The van der Waals surface area contributed by atoms with Gasteiger partial charge >= 0.3 is 6.03 Å². The molecule has 2 atom stereocenters. The van der Waals surface area contributed by atoms with Crippen molar-refractivity contribution in [1.29, 1.82) is 0 Å². The van der Waals surface area contributed by atoms with Gasteiger partial charge in [0.25, 0.3) is 0 Å². The molecule has 0 saturated heterocycles. The van der Waals surface area contributed by atoms with E-state index in [0.29, 0.717) is 38.8 Å². The number of nitrogens with zero attached hydrogens (tertiary/aromatic N) is 2. The van der Waals surface area contributed by atoms with E-state index in [1.165, 1.54) is 25.6 Å². The first-order valence-corrected chi connectivity index (χ1v) is 11.7. The van der Waals surface area contributed by atoms with Crippen LogP contribution in [-0.2, 0) is 4.79 Å². The average molecular weight is 504 g/mol. The van der Waals surface area contributed by atoms with Gasteiger partial charge in [0, 0.05) is 34.5 Å². The predicted octanol–water partition coefficient (Wildman–Crippen LogP) is 5.05. The summed E-state index contributed by atoms with van der Waals surface area (Å²) in [4.78, 5) is 25.7. The molecule has 1 aromatic heterocycles. The van der Waals surface area contributed by atoms with Crippen molar-refractivity contribution in [1.82, 2.24) is 15.5 Å². The Balaban J connectivity index is 1.69. The van der Waals surface area contributed by atoms with Crippen LogP contribution in [0.4, 0.5) is 15.6 Å². The smallest absolute Gasteiger partial charge is 0.319 e. The van der Waals surface area contributed by atoms with E-state index in [1.54, 1.807) is 30.3 Å². The Morgan fingerprint density at radius 1 is 1.03 bits per heavy atom. The van der Waals surface area contributed by atoms with Gasteiger partial charge in [-0.05, 0) is 18.1 Å². The van der Waals surface area contributed by atoms with Gasteiger partial charge in [-0.1, -0.05) is 55.3 Å². The summed E-state index contributed by atoms with van der Waals surface area (Å²) in [7, 11) is 3.04. The van der Waals surface area contributed by atoms with Crippen LogP contribution in [-0.4, -0.2) is 42.4 Å². The molecule has 1 heterocycles. The molecule has 0 aliphatic carbocycles. The number of nitrogens with one attached hydrogen (secondary N) is 3. The molecule has 0 aliphatic heterocycles. The van der Waals surface area contributed by atoms with Crippen LogP contribution in [0.3, 0.4) is 0 Å². The van der Waals surface area contributed by atoms with E-state index in [1.807, 2.05) is 26.0 Å². The summed E-state index contributed by atoms with van der Waals surface area (Å²) in [6, 6.07) is 10.9. The fourth-order valence-electron chi connectivity index (χ4n) is 3.06. The Kier molecular flexibility index (Phi) is 8.67. The Bertz CT molecular complexity index is 1120. The molecule has 3 aromatic rings. The van der Waals surface area contributed by atoms with Crippen LogP contribution >= 0.6 is 22.9 Å². The normalized spacial score (nSPS) is 12.4. The van der Waals surface area contributed by atoms with Gasteiger partial charge in [-0.15, -0.1) is 10.2 Å². The van der Waals surface area contributed by atoms with Crippen LogP contribution in [0, 0.1) is 5.92 Å². The number of rotatable bonds is 9. The second-order valence-corrected chi connectivity index (χ2v) is 8.89. The topological polar surface area (TPSA) is 114 Å². The molecule has 180 valence electrons. The molecule has 11 heteroatoms. The van der Waals surface area contributed by atoms with Gasteiger partial charge in [-0.2, -0.15) is 0 Å². The van der Waals surface area contributed by atoms with E-state index in [-0.39, 0.29) is 11.8 Å². The van der Waals surface area contributed by atoms with Crippen molar-refractivity contribution in [3.8, 4) is 22.1 Å². The van der Waals surface area contributed by atoms with Crippen molar-refractivity contribution in [3.63, 3.8) is 0 Å². The predicted molar refractivity (Wildman–Crippen MR) is 134 cm³/mol. The second-order valence-electron chi connectivity index (χ2n) is 7.47. The molecular weight excluding hydrogens is 478 g/mol. The van der Waals surface area contributed by atoms with Crippen molar-refractivity contribution in [3.05, 3.63) is 47.5 Å². The quantitative estimate of drug-likeness (QED) is 0.376. The maximum absolute atomic E-state index is 13.0. The first-order chi connectivity index (χ1) is 16.3. The lowest BCUT2D eigenvalue weighted by Crippen LogP contribution is -2.49. The number of halogens is 1. The minimum absolute atomic E-state index is 0.130. The van der Waals surface area contributed by atoms with E-state index in [0.717, 1.165) is 5.56 Å². The maximum atomic E-state index is 13.0. The highest BCUT2D eigenvalue weighted by Gasteiger charge is 2.27. The van der Waals surface area contributed by atoms with Crippen LogP contribution in [0.15, 0.2) is 42.5 Å². The number of amides is 3. The number of methoxy groups -OCH3 is 2. The number of hydrogen-bond acceptors (Lipinski definition) is 7. The lowest BCUT2D eigenvalue weighted by atomic mass is 9.98. The van der Waals surface area contributed by atoms with Crippen molar-refractivity contribution in [2.24, 2.45) is 5.92 Å². The maximum Gasteiger partial charge on any atom is 0.319 e. The zero-order valence-electron chi connectivity index (χ0n) is 19.2. The van der Waals surface area contributed by atoms with Gasteiger partial charge in [-0.3, -0.25) is 10.1 Å². The summed E-state index contributed by atoms with van der Waals surface area (Å²) in [6.45, 7) is 3.83. The molecule has 3 N–H and O–H groups in total. The van der Waals surface area contributed by atoms with Crippen molar-refractivity contribution < 1.29 is 19.1 Å². The highest BCUT2D eigenvalue weighted by Crippen LogP contribution is 2.28. The van der Waals surface area contributed by atoms with Gasteiger partial charge in [0.15, 0.2) is 0 Å². The molecular formula is C23H26ClN5O4S. The van der Waals surface area contributed by atoms with Crippen molar-refractivity contribution in [2.45, 2.75) is 26.3 Å². The molecule has 2 aromatic carbocycles. The van der Waals surface area contributed by atoms with Crippen LogP contribution in [0.1, 0.15) is 20.3 Å². The molecule has 0 spiro atoms. The first-order valence-electron chi connectivity index (χ1n) is 10.5. The summed E-state index contributed by atoms with van der Waals surface area (Å²) in [5, 5.41) is 18.0. The molecule has 0 radical (unpaired) electrons. The van der Waals surface area contributed by atoms with Crippen LogP contribution < -0.4 is 25.4 Å². The second kappa shape index (κ2) is 11.7. The van der Waals surface area contributed by atoms with Gasteiger partial charge in [0.2, 0.25) is 11.0 Å². The Morgan fingerprint density at radius 3 is 2.26 bits per heavy atom. The highest BCUT2D eigenvalue weighted by molar-refractivity contribution is 7.18. The van der Waals surface area contributed by atoms with E-state index in [9.17, 15) is 9.59 Å². The van der Waals surface area contributed by atoms with Crippen LogP contribution in [0.25, 0.3) is 10.6 Å². The molecule has 3 rings (SSSR count). The fourth-order valence-corrected chi connectivity index (χ4v) is 3.93. The lowest BCUT2D eigenvalue weighted by Gasteiger charge is -2.23. The molecule has 0 bridgehead atoms. The minimum atomic E-state index is -0.791. The number of anilines is 2. The number of hydrogen-bond donors (Lipinski definition) is 3. The molecule has 0 saturated carbocycles. The summed E-state index contributed by atoms with van der Waals surface area (Å²) in [5.41, 5.74) is 1.31. The number of ether oxygens (including phenoxy) is 2. The van der Waals surface area contributed by atoms with Gasteiger partial charge in [0.05, 0.1) is 14.2 Å². The summed E-state index contributed by atoms with van der Waals surface area (Å²) in [6.07, 6.45) is 0.678. The Labute approximate surface area is 206 Å². The number of carbonyl (C=O) groups is 2. The van der Waals surface area contributed by atoms with Crippen LogP contribution in [0.5, 0.6) is 11.5 Å². The zero-order chi connectivity index (χ0) is 24.7. The largest absolute Gasteiger partial charge is 0.497 e. The molecule has 0 unspecified atom stereocenters. The SMILES string of the molecule is CC[C@H](C)[C@H](NC(=O)Nc1cc(OC)cc(OC)c1)C(=O)Nc1nnc(-c2ccc(Cl)cc2)s1. The molecule has 3 amide bonds. The number of aromatic nitrogens is 2.